The molecule has 13 heavy (non-hydrogen) atoms. The van der Waals surface area contributed by atoms with E-state index in [9.17, 15) is 9.59 Å². The highest BCUT2D eigenvalue weighted by Crippen LogP contribution is 2.13. The van der Waals surface area contributed by atoms with Crippen molar-refractivity contribution in [3.8, 4) is 0 Å². The summed E-state index contributed by atoms with van der Waals surface area (Å²) >= 11 is 3.13. The lowest BCUT2D eigenvalue weighted by molar-refractivity contribution is 0.0525. The van der Waals surface area contributed by atoms with Crippen molar-refractivity contribution in [1.29, 1.82) is 0 Å². The van der Waals surface area contributed by atoms with E-state index in [-0.39, 0.29) is 17.7 Å². The molecule has 1 rings (SSSR count). The summed E-state index contributed by atoms with van der Waals surface area (Å²) in [6.45, 7) is 2.00. The van der Waals surface area contributed by atoms with Gasteiger partial charge in [0, 0.05) is 16.7 Å². The molecule has 1 heterocycles. The van der Waals surface area contributed by atoms with Crippen LogP contribution in [0.2, 0.25) is 0 Å². The van der Waals surface area contributed by atoms with Crippen LogP contribution in [0, 0.1) is 0 Å². The molecule has 0 amide bonds. The Balaban J connectivity index is 3.06. The van der Waals surface area contributed by atoms with Gasteiger partial charge in [0.2, 0.25) is 5.56 Å². The highest BCUT2D eigenvalue weighted by atomic mass is 79.9. The molecule has 0 spiro atoms. The summed E-state index contributed by atoms with van der Waals surface area (Å²) in [6.07, 6.45) is 1.41. The molecule has 0 saturated heterocycles. The van der Waals surface area contributed by atoms with Crippen molar-refractivity contribution in [2.45, 2.75) is 6.92 Å². The normalized spacial score (nSPS) is 9.69. The Morgan fingerprint density at radius 2 is 2.38 bits per heavy atom. The molecule has 0 unspecified atom stereocenters. The van der Waals surface area contributed by atoms with Crippen LogP contribution in [0.3, 0.4) is 0 Å². The molecular formula is C8H8BrNO3. The molecule has 1 N–H and O–H groups in total. The van der Waals surface area contributed by atoms with Crippen LogP contribution >= 0.6 is 15.9 Å². The quantitative estimate of drug-likeness (QED) is 0.800. The number of carbonyl (C=O) groups is 1. The molecule has 0 radical (unpaired) electrons. The van der Waals surface area contributed by atoms with Crippen LogP contribution in [-0.4, -0.2) is 17.6 Å². The molecule has 0 aromatic carbocycles. The van der Waals surface area contributed by atoms with Crippen LogP contribution in [0.4, 0.5) is 0 Å². The molecule has 0 bridgehead atoms. The van der Waals surface area contributed by atoms with Gasteiger partial charge in [-0.2, -0.15) is 0 Å². The molecule has 5 heteroatoms. The Morgan fingerprint density at radius 3 is 3.00 bits per heavy atom. The molecule has 0 saturated carbocycles. The number of aromatic amines is 1. The van der Waals surface area contributed by atoms with E-state index < -0.39 is 5.97 Å². The van der Waals surface area contributed by atoms with Crippen LogP contribution in [0.5, 0.6) is 0 Å². The molecule has 0 fully saturated rings. The fourth-order valence-corrected chi connectivity index (χ4v) is 1.21. The molecule has 0 aliphatic heterocycles. The predicted octanol–water partition coefficient (Wildman–Crippen LogP) is 1.31. The van der Waals surface area contributed by atoms with Gasteiger partial charge in [-0.25, -0.2) is 4.79 Å². The minimum absolute atomic E-state index is 0.241. The van der Waals surface area contributed by atoms with Gasteiger partial charge in [0.25, 0.3) is 0 Å². The fraction of sp³-hybridized carbons (Fsp3) is 0.250. The number of rotatable bonds is 2. The number of halogens is 1. The van der Waals surface area contributed by atoms with Gasteiger partial charge in [-0.1, -0.05) is 0 Å². The summed E-state index contributed by atoms with van der Waals surface area (Å²) in [5.74, 6) is -0.500. The van der Waals surface area contributed by atoms with Crippen LogP contribution < -0.4 is 5.56 Å². The maximum absolute atomic E-state index is 11.2. The van der Waals surface area contributed by atoms with E-state index in [4.69, 9.17) is 4.74 Å². The first-order chi connectivity index (χ1) is 6.15. The molecule has 0 aliphatic carbocycles. The second-order valence-corrected chi connectivity index (χ2v) is 3.13. The Hall–Kier alpha value is -1.10. The summed E-state index contributed by atoms with van der Waals surface area (Å²) < 4.78 is 5.26. The number of pyridine rings is 1. The first kappa shape index (κ1) is 9.98. The summed E-state index contributed by atoms with van der Waals surface area (Å²) in [5, 5.41) is 0. The Kier molecular flexibility index (Phi) is 3.25. The first-order valence-corrected chi connectivity index (χ1v) is 4.49. The molecular weight excluding hydrogens is 238 g/mol. The molecule has 1 aromatic rings. The zero-order valence-corrected chi connectivity index (χ0v) is 8.55. The van der Waals surface area contributed by atoms with E-state index in [0.29, 0.717) is 4.47 Å². The van der Waals surface area contributed by atoms with Crippen LogP contribution in [-0.2, 0) is 4.74 Å². The van der Waals surface area contributed by atoms with Gasteiger partial charge in [0.05, 0.1) is 12.2 Å². The second kappa shape index (κ2) is 4.23. The SMILES string of the molecule is CCOC(=O)c1cc(=O)[nH]cc1Br. The number of esters is 1. The summed E-state index contributed by atoms with van der Waals surface area (Å²) in [6, 6.07) is 1.20. The summed E-state index contributed by atoms with van der Waals surface area (Å²) in [7, 11) is 0. The average molecular weight is 246 g/mol. The van der Waals surface area contributed by atoms with Gasteiger partial charge in [0.15, 0.2) is 0 Å². The number of H-pyrrole nitrogens is 1. The number of carbonyl (C=O) groups excluding carboxylic acids is 1. The van der Waals surface area contributed by atoms with Gasteiger partial charge < -0.3 is 9.72 Å². The molecule has 1 aromatic heterocycles. The zero-order chi connectivity index (χ0) is 9.84. The Bertz CT molecular complexity index is 372. The number of ether oxygens (including phenoxy) is 1. The summed E-state index contributed by atoms with van der Waals surface area (Å²) in [4.78, 5) is 24.5. The monoisotopic (exact) mass is 245 g/mol. The average Bonchev–Trinajstić information content (AvgIpc) is 2.09. The predicted molar refractivity (Wildman–Crippen MR) is 50.7 cm³/mol. The number of hydrogen-bond donors (Lipinski definition) is 1. The van der Waals surface area contributed by atoms with Gasteiger partial charge in [-0.15, -0.1) is 0 Å². The molecule has 0 aliphatic rings. The number of hydrogen-bond acceptors (Lipinski definition) is 3. The molecule has 70 valence electrons. The maximum Gasteiger partial charge on any atom is 0.339 e. The third-order valence-electron chi connectivity index (χ3n) is 1.37. The van der Waals surface area contributed by atoms with Crippen molar-refractivity contribution in [2.75, 3.05) is 6.61 Å². The smallest absolute Gasteiger partial charge is 0.339 e. The highest BCUT2D eigenvalue weighted by Gasteiger charge is 2.10. The lowest BCUT2D eigenvalue weighted by Gasteiger charge is -2.02. The van der Waals surface area contributed by atoms with E-state index in [1.807, 2.05) is 0 Å². The van der Waals surface area contributed by atoms with E-state index in [0.717, 1.165) is 0 Å². The maximum atomic E-state index is 11.2. The minimum atomic E-state index is -0.500. The lowest BCUT2D eigenvalue weighted by atomic mass is 10.3. The van der Waals surface area contributed by atoms with E-state index >= 15 is 0 Å². The largest absolute Gasteiger partial charge is 0.462 e. The van der Waals surface area contributed by atoms with Crippen molar-refractivity contribution in [3.63, 3.8) is 0 Å². The zero-order valence-electron chi connectivity index (χ0n) is 6.96. The van der Waals surface area contributed by atoms with Gasteiger partial charge >= 0.3 is 5.97 Å². The van der Waals surface area contributed by atoms with Gasteiger partial charge in [-0.3, -0.25) is 4.79 Å². The first-order valence-electron chi connectivity index (χ1n) is 3.70. The molecule has 4 nitrogen and oxygen atoms in total. The number of aromatic nitrogens is 1. The lowest BCUT2D eigenvalue weighted by Crippen LogP contribution is -2.12. The fourth-order valence-electron chi connectivity index (χ4n) is 0.819. The topological polar surface area (TPSA) is 59.2 Å². The van der Waals surface area contributed by atoms with Crippen molar-refractivity contribution in [2.24, 2.45) is 0 Å². The van der Waals surface area contributed by atoms with Crippen molar-refractivity contribution in [1.82, 2.24) is 4.98 Å². The summed E-state index contributed by atoms with van der Waals surface area (Å²) in [5.41, 5.74) is -0.0862. The van der Waals surface area contributed by atoms with Gasteiger partial charge in [0.1, 0.15) is 0 Å². The van der Waals surface area contributed by atoms with Crippen molar-refractivity contribution in [3.05, 3.63) is 32.7 Å². The van der Waals surface area contributed by atoms with Crippen molar-refractivity contribution >= 4 is 21.9 Å². The van der Waals surface area contributed by atoms with Crippen molar-refractivity contribution < 1.29 is 9.53 Å². The van der Waals surface area contributed by atoms with Gasteiger partial charge in [-0.05, 0) is 22.9 Å². The van der Waals surface area contributed by atoms with E-state index in [1.54, 1.807) is 6.92 Å². The second-order valence-electron chi connectivity index (χ2n) is 2.28. The third kappa shape index (κ3) is 2.42. The molecule has 0 atom stereocenters. The van der Waals surface area contributed by atoms with E-state index in [2.05, 4.69) is 20.9 Å². The van der Waals surface area contributed by atoms with Crippen LogP contribution in [0.1, 0.15) is 17.3 Å². The standard InChI is InChI=1S/C8H8BrNO3/c1-2-13-8(12)5-3-7(11)10-4-6(5)9/h3-4H,2H2,1H3,(H,10,11). The van der Waals surface area contributed by atoms with E-state index in [1.165, 1.54) is 12.3 Å². The third-order valence-corrected chi connectivity index (χ3v) is 2.03. The van der Waals surface area contributed by atoms with Crippen LogP contribution in [0.15, 0.2) is 21.5 Å². The number of nitrogens with one attached hydrogen (secondary N) is 1. The Morgan fingerprint density at radius 1 is 1.69 bits per heavy atom. The minimum Gasteiger partial charge on any atom is -0.462 e. The Labute approximate surface area is 83.1 Å². The van der Waals surface area contributed by atoms with Crippen LogP contribution in [0.25, 0.3) is 0 Å². The highest BCUT2D eigenvalue weighted by molar-refractivity contribution is 9.10.